The second-order valence-corrected chi connectivity index (χ2v) is 8.10. The summed E-state index contributed by atoms with van der Waals surface area (Å²) in [6, 6.07) is 11.8. The van der Waals surface area contributed by atoms with Crippen molar-refractivity contribution in [2.24, 2.45) is 0 Å². The van der Waals surface area contributed by atoms with Gasteiger partial charge in [-0.2, -0.15) is 0 Å². The van der Waals surface area contributed by atoms with Crippen molar-refractivity contribution in [3.63, 3.8) is 0 Å². The molecule has 1 amide bonds. The Labute approximate surface area is 180 Å². The van der Waals surface area contributed by atoms with Crippen LogP contribution in [0.15, 0.2) is 51.5 Å². The summed E-state index contributed by atoms with van der Waals surface area (Å²) in [5, 5.41) is 4.68. The van der Waals surface area contributed by atoms with Gasteiger partial charge in [-0.25, -0.2) is 9.97 Å². The van der Waals surface area contributed by atoms with Crippen LogP contribution in [0.5, 0.6) is 0 Å². The second-order valence-electron chi connectivity index (χ2n) is 8.10. The summed E-state index contributed by atoms with van der Waals surface area (Å²) in [6.07, 6.45) is 5.27. The lowest BCUT2D eigenvalue weighted by molar-refractivity contribution is 0.0572. The van der Waals surface area contributed by atoms with Gasteiger partial charge in [-0.3, -0.25) is 4.79 Å². The number of hydrogen-bond acceptors (Lipinski definition) is 6. The van der Waals surface area contributed by atoms with E-state index in [0.29, 0.717) is 41.2 Å². The van der Waals surface area contributed by atoms with Gasteiger partial charge in [0.05, 0.1) is 22.8 Å². The second kappa shape index (κ2) is 7.98. The predicted octanol–water partition coefficient (Wildman–Crippen LogP) is 4.79. The number of fused-ring (bicyclic) bond motifs is 1. The molecule has 5 rings (SSSR count). The van der Waals surface area contributed by atoms with Gasteiger partial charge < -0.3 is 13.8 Å². The van der Waals surface area contributed by atoms with Crippen molar-refractivity contribution in [3.8, 4) is 0 Å². The quantitative estimate of drug-likeness (QED) is 0.476. The molecule has 1 saturated heterocycles. The van der Waals surface area contributed by atoms with E-state index >= 15 is 0 Å². The SMILES string of the molecule is Cc1cc(C(=O)N2CCCCC2c2ncc(Cc3ccccc3)o2)c2c(C)noc2n1. The van der Waals surface area contributed by atoms with Gasteiger partial charge in [0, 0.05) is 18.7 Å². The minimum absolute atomic E-state index is 0.0608. The first-order valence-corrected chi connectivity index (χ1v) is 10.6. The molecule has 4 aromatic rings. The van der Waals surface area contributed by atoms with Crippen LogP contribution in [0.25, 0.3) is 11.1 Å². The highest BCUT2D eigenvalue weighted by Gasteiger charge is 2.33. The molecule has 1 aliphatic rings. The highest BCUT2D eigenvalue weighted by molar-refractivity contribution is 6.06. The summed E-state index contributed by atoms with van der Waals surface area (Å²) in [5.74, 6) is 1.34. The Hall–Kier alpha value is -3.48. The minimum Gasteiger partial charge on any atom is -0.443 e. The molecule has 1 aromatic carbocycles. The molecule has 7 heteroatoms. The van der Waals surface area contributed by atoms with E-state index < -0.39 is 0 Å². The average Bonchev–Trinajstić information content (AvgIpc) is 3.40. The highest BCUT2D eigenvalue weighted by atomic mass is 16.5. The van der Waals surface area contributed by atoms with Crippen molar-refractivity contribution in [1.82, 2.24) is 20.0 Å². The number of carbonyl (C=O) groups excluding carboxylic acids is 1. The Morgan fingerprint density at radius 2 is 2.03 bits per heavy atom. The van der Waals surface area contributed by atoms with Crippen LogP contribution in [0.1, 0.15) is 64.3 Å². The Bertz CT molecular complexity index is 1230. The molecule has 0 radical (unpaired) electrons. The van der Waals surface area contributed by atoms with Gasteiger partial charge >= 0.3 is 0 Å². The van der Waals surface area contributed by atoms with E-state index in [4.69, 9.17) is 8.94 Å². The maximum atomic E-state index is 13.7. The molecule has 1 aliphatic heterocycles. The Morgan fingerprint density at radius 1 is 1.19 bits per heavy atom. The number of carbonyl (C=O) groups is 1. The first kappa shape index (κ1) is 19.5. The summed E-state index contributed by atoms with van der Waals surface area (Å²) in [4.78, 5) is 24.5. The third kappa shape index (κ3) is 3.71. The fourth-order valence-corrected chi connectivity index (χ4v) is 4.33. The van der Waals surface area contributed by atoms with E-state index in [2.05, 4.69) is 27.3 Å². The number of amides is 1. The van der Waals surface area contributed by atoms with Gasteiger partial charge in [-0.1, -0.05) is 35.5 Å². The summed E-state index contributed by atoms with van der Waals surface area (Å²) in [6.45, 7) is 4.34. The van der Waals surface area contributed by atoms with Crippen LogP contribution in [0.3, 0.4) is 0 Å². The van der Waals surface area contributed by atoms with Crippen LogP contribution in [0, 0.1) is 13.8 Å². The third-order valence-corrected chi connectivity index (χ3v) is 5.82. The van der Waals surface area contributed by atoms with Crippen LogP contribution in [-0.4, -0.2) is 32.5 Å². The fraction of sp³-hybridized carbons (Fsp3) is 0.333. The maximum Gasteiger partial charge on any atom is 0.258 e. The van der Waals surface area contributed by atoms with Gasteiger partial charge in [0.15, 0.2) is 0 Å². The average molecular weight is 416 g/mol. The monoisotopic (exact) mass is 416 g/mol. The zero-order chi connectivity index (χ0) is 21.4. The van der Waals surface area contributed by atoms with Crippen LogP contribution in [0.2, 0.25) is 0 Å². The first-order chi connectivity index (χ1) is 15.1. The van der Waals surface area contributed by atoms with Gasteiger partial charge in [-0.15, -0.1) is 0 Å². The number of benzene rings is 1. The van der Waals surface area contributed by atoms with E-state index in [9.17, 15) is 4.79 Å². The number of aromatic nitrogens is 3. The summed E-state index contributed by atoms with van der Waals surface area (Å²) in [7, 11) is 0. The summed E-state index contributed by atoms with van der Waals surface area (Å²) >= 11 is 0. The lowest BCUT2D eigenvalue weighted by Gasteiger charge is -2.34. The molecule has 0 aliphatic carbocycles. The van der Waals surface area contributed by atoms with Crippen molar-refractivity contribution in [3.05, 3.63) is 76.8 Å². The van der Waals surface area contributed by atoms with E-state index in [1.165, 1.54) is 5.56 Å². The Morgan fingerprint density at radius 3 is 2.87 bits per heavy atom. The molecule has 31 heavy (non-hydrogen) atoms. The van der Waals surface area contributed by atoms with Crippen molar-refractivity contribution in [2.45, 2.75) is 45.6 Å². The lowest BCUT2D eigenvalue weighted by Crippen LogP contribution is -2.38. The molecule has 158 valence electrons. The Balaban J connectivity index is 1.46. The van der Waals surface area contributed by atoms with E-state index in [-0.39, 0.29) is 11.9 Å². The molecule has 7 nitrogen and oxygen atoms in total. The zero-order valence-corrected chi connectivity index (χ0v) is 17.7. The van der Waals surface area contributed by atoms with E-state index in [1.54, 1.807) is 6.20 Å². The van der Waals surface area contributed by atoms with Gasteiger partial charge in [0.2, 0.25) is 5.89 Å². The number of pyridine rings is 1. The largest absolute Gasteiger partial charge is 0.443 e. The fourth-order valence-electron chi connectivity index (χ4n) is 4.33. The van der Waals surface area contributed by atoms with Crippen molar-refractivity contribution >= 4 is 17.0 Å². The number of nitrogens with zero attached hydrogens (tertiary/aromatic N) is 4. The van der Waals surface area contributed by atoms with E-state index in [1.807, 2.05) is 43.0 Å². The molecule has 0 bridgehead atoms. The van der Waals surface area contributed by atoms with Crippen LogP contribution in [-0.2, 0) is 6.42 Å². The molecule has 0 N–H and O–H groups in total. The smallest absolute Gasteiger partial charge is 0.258 e. The maximum absolute atomic E-state index is 13.7. The minimum atomic E-state index is -0.186. The number of likely N-dealkylation sites (tertiary alicyclic amines) is 1. The number of oxazole rings is 1. The van der Waals surface area contributed by atoms with Crippen LogP contribution >= 0.6 is 0 Å². The lowest BCUT2D eigenvalue weighted by atomic mass is 9.99. The van der Waals surface area contributed by atoms with Crippen molar-refractivity contribution in [2.75, 3.05) is 6.54 Å². The standard InChI is InChI=1S/C24H24N4O3/c1-15-12-19(21-16(2)27-31-23(21)26-15)24(29)28-11-7-6-10-20(28)22-25-14-18(30-22)13-17-8-4-3-5-9-17/h3-5,8-9,12,14,20H,6-7,10-11,13H2,1-2H3. The molecule has 1 fully saturated rings. The molecule has 4 heterocycles. The van der Waals surface area contributed by atoms with E-state index in [0.717, 1.165) is 30.7 Å². The topological polar surface area (TPSA) is 85.3 Å². The molecule has 1 atom stereocenters. The molecule has 0 saturated carbocycles. The number of rotatable bonds is 4. The van der Waals surface area contributed by atoms with Crippen molar-refractivity contribution < 1.29 is 13.7 Å². The normalized spacial score (nSPS) is 16.7. The summed E-state index contributed by atoms with van der Waals surface area (Å²) in [5.41, 5.74) is 3.53. The van der Waals surface area contributed by atoms with Crippen LogP contribution < -0.4 is 0 Å². The predicted molar refractivity (Wildman–Crippen MR) is 115 cm³/mol. The molecular weight excluding hydrogens is 392 g/mol. The Kier molecular flexibility index (Phi) is 5.02. The van der Waals surface area contributed by atoms with Gasteiger partial charge in [0.25, 0.3) is 11.6 Å². The third-order valence-electron chi connectivity index (χ3n) is 5.82. The highest BCUT2D eigenvalue weighted by Crippen LogP contribution is 2.34. The van der Waals surface area contributed by atoms with Crippen LogP contribution in [0.4, 0.5) is 0 Å². The number of hydrogen-bond donors (Lipinski definition) is 0. The van der Waals surface area contributed by atoms with Gasteiger partial charge in [-0.05, 0) is 44.7 Å². The molecule has 0 spiro atoms. The summed E-state index contributed by atoms with van der Waals surface area (Å²) < 4.78 is 11.4. The zero-order valence-electron chi connectivity index (χ0n) is 17.7. The number of piperidine rings is 1. The molecule has 1 unspecified atom stereocenters. The van der Waals surface area contributed by atoms with Gasteiger partial charge in [0.1, 0.15) is 11.8 Å². The molecular formula is C24H24N4O3. The van der Waals surface area contributed by atoms with Crippen molar-refractivity contribution in [1.29, 1.82) is 0 Å². The number of aryl methyl sites for hydroxylation is 2. The molecule has 3 aromatic heterocycles. The first-order valence-electron chi connectivity index (χ1n) is 10.6.